The summed E-state index contributed by atoms with van der Waals surface area (Å²) in [6.45, 7) is 2.13. The van der Waals surface area contributed by atoms with Crippen LogP contribution in [0.3, 0.4) is 0 Å². The van der Waals surface area contributed by atoms with Gasteiger partial charge < -0.3 is 10.1 Å². The van der Waals surface area contributed by atoms with Gasteiger partial charge in [0.05, 0.1) is 5.56 Å². The normalized spacial score (nSPS) is 11.4. The van der Waals surface area contributed by atoms with Crippen molar-refractivity contribution in [2.75, 3.05) is 7.05 Å². The van der Waals surface area contributed by atoms with Gasteiger partial charge in [-0.15, -0.1) is 0 Å². The highest BCUT2D eigenvalue weighted by molar-refractivity contribution is 7.91. The number of carbonyl (C=O) groups excluding carboxylic acids is 1. The van der Waals surface area contributed by atoms with Gasteiger partial charge in [-0.1, -0.05) is 0 Å². The summed E-state index contributed by atoms with van der Waals surface area (Å²) in [6, 6.07) is 6.89. The van der Waals surface area contributed by atoms with Crippen molar-refractivity contribution >= 4 is 15.9 Å². The maximum absolute atomic E-state index is 15.5. The van der Waals surface area contributed by atoms with Crippen molar-refractivity contribution in [1.29, 1.82) is 0 Å². The molecule has 0 unspecified atom stereocenters. The third-order valence-electron chi connectivity index (χ3n) is 5.24. The number of amides is 1. The fourth-order valence-electron chi connectivity index (χ4n) is 3.56. The molecule has 2 heterocycles. The average Bonchev–Trinajstić information content (AvgIpc) is 3.30. The van der Waals surface area contributed by atoms with E-state index in [0.717, 1.165) is 18.2 Å². The van der Waals surface area contributed by atoms with Crippen molar-refractivity contribution in [3.8, 4) is 28.1 Å². The van der Waals surface area contributed by atoms with Gasteiger partial charge >= 0.3 is 6.09 Å². The molecule has 4 rings (SSSR count). The molecule has 0 aliphatic rings. The second kappa shape index (κ2) is 9.82. The summed E-state index contributed by atoms with van der Waals surface area (Å²) in [7, 11) is -3.76. The van der Waals surface area contributed by atoms with E-state index in [1.54, 1.807) is 25.3 Å². The maximum atomic E-state index is 15.5. The summed E-state index contributed by atoms with van der Waals surface area (Å²) >= 11 is 0. The summed E-state index contributed by atoms with van der Waals surface area (Å²) < 4.78 is 78.2. The number of pyridine rings is 1. The number of aromatic nitrogens is 3. The average molecular weight is 517 g/mol. The smallest absolute Gasteiger partial charge is 0.409 e. The highest BCUT2D eigenvalue weighted by atomic mass is 32.2. The number of nitrogens with zero attached hydrogens (tertiary/aromatic N) is 3. The van der Waals surface area contributed by atoms with Crippen LogP contribution in [0.5, 0.6) is 5.75 Å². The molecule has 12 heteroatoms. The zero-order valence-electron chi connectivity index (χ0n) is 19.0. The van der Waals surface area contributed by atoms with Gasteiger partial charge in [0, 0.05) is 37.7 Å². The van der Waals surface area contributed by atoms with Gasteiger partial charge in [0.25, 0.3) is 0 Å². The van der Waals surface area contributed by atoms with Crippen LogP contribution in [0.1, 0.15) is 6.92 Å². The zero-order valence-corrected chi connectivity index (χ0v) is 19.8. The van der Waals surface area contributed by atoms with Crippen LogP contribution >= 0.6 is 0 Å². The number of ether oxygens (including phenoxy) is 1. The Hall–Kier alpha value is -4.19. The zero-order chi connectivity index (χ0) is 26.0. The van der Waals surface area contributed by atoms with Gasteiger partial charge in [-0.3, -0.25) is 9.67 Å². The van der Waals surface area contributed by atoms with Crippen LogP contribution in [0.25, 0.3) is 22.4 Å². The van der Waals surface area contributed by atoms with Crippen molar-refractivity contribution < 1.29 is 31.1 Å². The molecule has 1 amide bonds. The van der Waals surface area contributed by atoms with Gasteiger partial charge in [0.2, 0.25) is 9.84 Å². The minimum atomic E-state index is -5.00. The predicted molar refractivity (Wildman–Crippen MR) is 123 cm³/mol. The van der Waals surface area contributed by atoms with Crippen LogP contribution < -0.4 is 10.1 Å². The van der Waals surface area contributed by atoms with Crippen LogP contribution in [-0.2, 0) is 16.4 Å². The molecule has 2 aromatic heterocycles. The lowest BCUT2D eigenvalue weighted by Crippen LogP contribution is -2.23. The van der Waals surface area contributed by atoms with Crippen LogP contribution in [-0.4, -0.2) is 36.3 Å². The third kappa shape index (κ3) is 4.54. The van der Waals surface area contributed by atoms with Crippen LogP contribution in [0.4, 0.5) is 18.0 Å². The van der Waals surface area contributed by atoms with E-state index in [9.17, 15) is 22.0 Å². The fraction of sp³-hybridized carbons (Fsp3) is 0.125. The van der Waals surface area contributed by atoms with E-state index >= 15 is 4.39 Å². The SMILES string of the molecule is CCn1cc(-c2ccncc2)c(-c2c(F)ccc(OC(=O)NC)c2S(=O)(=O)c2cc(F)ccc2F)n1. The summed E-state index contributed by atoms with van der Waals surface area (Å²) in [5.74, 6) is -3.94. The number of nitrogens with one attached hydrogen (secondary N) is 1. The van der Waals surface area contributed by atoms with E-state index in [4.69, 9.17) is 4.74 Å². The molecule has 0 atom stereocenters. The quantitative estimate of drug-likeness (QED) is 0.402. The molecular formula is C24H19F3N4O4S. The van der Waals surface area contributed by atoms with Crippen LogP contribution in [0, 0.1) is 17.5 Å². The number of rotatable bonds is 6. The Bertz CT molecular complexity index is 1560. The summed E-state index contributed by atoms with van der Waals surface area (Å²) in [5, 5.41) is 6.52. The maximum Gasteiger partial charge on any atom is 0.412 e. The minimum absolute atomic E-state index is 0.113. The molecule has 0 radical (unpaired) electrons. The van der Waals surface area contributed by atoms with E-state index in [-0.39, 0.29) is 5.69 Å². The number of benzene rings is 2. The molecule has 1 N–H and O–H groups in total. The van der Waals surface area contributed by atoms with Crippen molar-refractivity contribution in [1.82, 2.24) is 20.1 Å². The van der Waals surface area contributed by atoms with Crippen molar-refractivity contribution in [2.24, 2.45) is 0 Å². The predicted octanol–water partition coefficient (Wildman–Crippen LogP) is 4.60. The Kier molecular flexibility index (Phi) is 6.80. The Balaban J connectivity index is 2.11. The first-order chi connectivity index (χ1) is 17.2. The van der Waals surface area contributed by atoms with Crippen LogP contribution in [0.15, 0.2) is 70.8 Å². The minimum Gasteiger partial charge on any atom is -0.409 e. The largest absolute Gasteiger partial charge is 0.412 e. The molecule has 0 saturated heterocycles. The number of sulfone groups is 1. The number of hydrogen-bond donors (Lipinski definition) is 1. The Morgan fingerprint density at radius 1 is 1.06 bits per heavy atom. The molecule has 0 spiro atoms. The molecule has 0 aliphatic carbocycles. The topological polar surface area (TPSA) is 103 Å². The number of carbonyl (C=O) groups is 1. The molecule has 186 valence electrons. The first kappa shape index (κ1) is 24.9. The lowest BCUT2D eigenvalue weighted by atomic mass is 10.0. The van der Waals surface area contributed by atoms with Crippen LogP contribution in [0.2, 0.25) is 0 Å². The van der Waals surface area contributed by atoms with Gasteiger partial charge in [0.15, 0.2) is 5.75 Å². The molecule has 36 heavy (non-hydrogen) atoms. The molecular weight excluding hydrogens is 497 g/mol. The van der Waals surface area contributed by atoms with E-state index < -0.39 is 54.5 Å². The van der Waals surface area contributed by atoms with Gasteiger partial charge in [-0.25, -0.2) is 26.4 Å². The molecule has 0 aliphatic heterocycles. The molecule has 4 aromatic rings. The van der Waals surface area contributed by atoms with E-state index in [1.807, 2.05) is 0 Å². The van der Waals surface area contributed by atoms with Gasteiger partial charge in [0.1, 0.15) is 32.9 Å². The van der Waals surface area contributed by atoms with E-state index in [1.165, 1.54) is 24.1 Å². The first-order valence-corrected chi connectivity index (χ1v) is 12.1. The van der Waals surface area contributed by atoms with Gasteiger partial charge in [-0.05, 0) is 55.0 Å². The Morgan fingerprint density at radius 3 is 2.42 bits per heavy atom. The Morgan fingerprint density at radius 2 is 1.75 bits per heavy atom. The van der Waals surface area contributed by atoms with E-state index in [2.05, 4.69) is 15.4 Å². The number of aryl methyl sites for hydroxylation is 1. The number of hydrogen-bond acceptors (Lipinski definition) is 6. The molecule has 8 nitrogen and oxygen atoms in total. The third-order valence-corrected chi connectivity index (χ3v) is 7.08. The monoisotopic (exact) mass is 516 g/mol. The van der Waals surface area contributed by atoms with E-state index in [0.29, 0.717) is 29.8 Å². The second-order valence-corrected chi connectivity index (χ2v) is 9.31. The lowest BCUT2D eigenvalue weighted by Gasteiger charge is -2.16. The number of halogens is 3. The lowest BCUT2D eigenvalue weighted by molar-refractivity contribution is 0.201. The highest BCUT2D eigenvalue weighted by Crippen LogP contribution is 2.43. The summed E-state index contributed by atoms with van der Waals surface area (Å²) in [4.78, 5) is 14.0. The van der Waals surface area contributed by atoms with Crippen molar-refractivity contribution in [3.05, 3.63) is 78.5 Å². The van der Waals surface area contributed by atoms with Crippen molar-refractivity contribution in [2.45, 2.75) is 23.3 Å². The first-order valence-electron chi connectivity index (χ1n) is 10.6. The summed E-state index contributed by atoms with van der Waals surface area (Å²) in [6.07, 6.45) is 3.50. The fourth-order valence-corrected chi connectivity index (χ4v) is 5.21. The van der Waals surface area contributed by atoms with Gasteiger partial charge in [-0.2, -0.15) is 5.10 Å². The molecule has 2 aromatic carbocycles. The highest BCUT2D eigenvalue weighted by Gasteiger charge is 2.34. The molecule has 0 saturated carbocycles. The standard InChI is InChI=1S/C24H19F3N4O4S/c1-3-31-13-16(14-8-10-29-11-9-14)22(30-31)21-18(27)6-7-19(35-24(32)28-2)23(21)36(33,34)20-12-15(25)4-5-17(20)26/h4-13H,3H2,1-2H3,(H,28,32). The molecule has 0 bridgehead atoms. The summed E-state index contributed by atoms with van der Waals surface area (Å²) in [5.41, 5.74) is 0.195. The van der Waals surface area contributed by atoms with Crippen molar-refractivity contribution in [3.63, 3.8) is 0 Å². The second-order valence-electron chi connectivity index (χ2n) is 7.45. The Labute approximate surface area is 204 Å². The molecule has 0 fully saturated rings.